The van der Waals surface area contributed by atoms with Gasteiger partial charge < -0.3 is 10.5 Å². The van der Waals surface area contributed by atoms with Crippen LogP contribution in [0.3, 0.4) is 0 Å². The summed E-state index contributed by atoms with van der Waals surface area (Å²) < 4.78 is 5.69. The topological polar surface area (TPSA) is 38.5 Å². The minimum Gasteiger partial charge on any atom is -0.491 e. The fourth-order valence-corrected chi connectivity index (χ4v) is 2.53. The van der Waals surface area contributed by atoms with Crippen molar-refractivity contribution in [3.8, 4) is 5.75 Å². The van der Waals surface area contributed by atoms with Crippen LogP contribution in [-0.2, 0) is 0 Å². The molecule has 1 aromatic carbocycles. The quantitative estimate of drug-likeness (QED) is 0.909. The largest absolute Gasteiger partial charge is 0.491 e. The van der Waals surface area contributed by atoms with Crippen LogP contribution >= 0.6 is 24.0 Å². The normalized spacial score (nSPS) is 20.9. The molecule has 0 aromatic heterocycles. The molecule has 108 valence electrons. The molecule has 19 heavy (non-hydrogen) atoms. The maximum atomic E-state index is 6.03. The van der Waals surface area contributed by atoms with Crippen LogP contribution in [-0.4, -0.2) is 37.2 Å². The Labute approximate surface area is 126 Å². The molecule has 2 N–H and O–H groups in total. The van der Waals surface area contributed by atoms with Gasteiger partial charge in [0.1, 0.15) is 12.4 Å². The number of nitrogens with two attached hydrogens (primary N) is 1. The van der Waals surface area contributed by atoms with Gasteiger partial charge in [0.05, 0.1) is 5.02 Å². The van der Waals surface area contributed by atoms with Crippen LogP contribution in [0.25, 0.3) is 0 Å². The summed E-state index contributed by atoms with van der Waals surface area (Å²) in [4.78, 5) is 2.41. The van der Waals surface area contributed by atoms with Gasteiger partial charge in [-0.25, -0.2) is 0 Å². The molecular weight excluding hydrogens is 283 g/mol. The number of likely N-dealkylation sites (tertiary alicyclic amines) is 1. The van der Waals surface area contributed by atoms with Crippen LogP contribution in [0.15, 0.2) is 24.3 Å². The first-order chi connectivity index (χ1) is 8.66. The first-order valence-corrected chi connectivity index (χ1v) is 6.90. The molecule has 1 aromatic rings. The zero-order chi connectivity index (χ0) is 13.0. The summed E-state index contributed by atoms with van der Waals surface area (Å²) in [5.74, 6) is 1.40. The molecule has 0 saturated carbocycles. The van der Waals surface area contributed by atoms with E-state index in [9.17, 15) is 0 Å². The standard InChI is InChI=1S/C14H21ClN2O.ClH/c1-11(16)12-6-7-17(10-12)8-9-18-14-5-3-2-4-13(14)15;/h2-5,11-12H,6-10,16H2,1H3;1H. The number of para-hydroxylation sites is 1. The Kier molecular flexibility index (Phi) is 6.94. The zero-order valence-corrected chi connectivity index (χ0v) is 12.8. The van der Waals surface area contributed by atoms with Crippen molar-refractivity contribution >= 4 is 24.0 Å². The van der Waals surface area contributed by atoms with E-state index in [1.807, 2.05) is 24.3 Å². The van der Waals surface area contributed by atoms with Crippen LogP contribution in [0.1, 0.15) is 13.3 Å². The van der Waals surface area contributed by atoms with Crippen LogP contribution in [0.4, 0.5) is 0 Å². The van der Waals surface area contributed by atoms with E-state index in [1.165, 1.54) is 6.42 Å². The number of hydrogen-bond donors (Lipinski definition) is 1. The Morgan fingerprint density at radius 2 is 2.21 bits per heavy atom. The molecule has 0 bridgehead atoms. The summed E-state index contributed by atoms with van der Waals surface area (Å²) in [6, 6.07) is 7.88. The minimum absolute atomic E-state index is 0. The summed E-state index contributed by atoms with van der Waals surface area (Å²) in [6.07, 6.45) is 1.20. The fourth-order valence-electron chi connectivity index (χ4n) is 2.34. The van der Waals surface area contributed by atoms with Gasteiger partial charge >= 0.3 is 0 Å². The third-order valence-electron chi connectivity index (χ3n) is 3.55. The minimum atomic E-state index is 0. The van der Waals surface area contributed by atoms with E-state index in [1.54, 1.807) is 0 Å². The van der Waals surface area contributed by atoms with Crippen LogP contribution in [0.5, 0.6) is 5.75 Å². The van der Waals surface area contributed by atoms with Crippen molar-refractivity contribution in [3.05, 3.63) is 29.3 Å². The first kappa shape index (κ1) is 16.6. The molecule has 0 aliphatic carbocycles. The Balaban J connectivity index is 0.00000180. The predicted molar refractivity (Wildman–Crippen MR) is 82.4 cm³/mol. The lowest BCUT2D eigenvalue weighted by molar-refractivity contribution is 0.231. The monoisotopic (exact) mass is 304 g/mol. The molecule has 1 aliphatic rings. The molecule has 0 spiro atoms. The van der Waals surface area contributed by atoms with Gasteiger partial charge in [0.2, 0.25) is 0 Å². The first-order valence-electron chi connectivity index (χ1n) is 6.52. The summed E-state index contributed by atoms with van der Waals surface area (Å²) in [5.41, 5.74) is 5.92. The highest BCUT2D eigenvalue weighted by molar-refractivity contribution is 6.32. The molecular formula is C14H22Cl2N2O. The SMILES string of the molecule is CC(N)C1CCN(CCOc2ccccc2Cl)C1.Cl. The van der Waals surface area contributed by atoms with E-state index >= 15 is 0 Å². The number of halogens is 2. The van der Waals surface area contributed by atoms with Crippen molar-refractivity contribution in [2.24, 2.45) is 11.7 Å². The zero-order valence-electron chi connectivity index (χ0n) is 11.2. The molecule has 1 heterocycles. The third kappa shape index (κ3) is 4.84. The van der Waals surface area contributed by atoms with Crippen molar-refractivity contribution < 1.29 is 4.74 Å². The van der Waals surface area contributed by atoms with Crippen molar-refractivity contribution in [2.45, 2.75) is 19.4 Å². The van der Waals surface area contributed by atoms with Crippen LogP contribution in [0.2, 0.25) is 5.02 Å². The third-order valence-corrected chi connectivity index (χ3v) is 3.87. The maximum Gasteiger partial charge on any atom is 0.137 e. The number of nitrogens with zero attached hydrogens (tertiary/aromatic N) is 1. The molecule has 2 unspecified atom stereocenters. The highest BCUT2D eigenvalue weighted by Gasteiger charge is 2.24. The molecule has 2 rings (SSSR count). The van der Waals surface area contributed by atoms with Crippen LogP contribution < -0.4 is 10.5 Å². The highest BCUT2D eigenvalue weighted by Crippen LogP contribution is 2.23. The lowest BCUT2D eigenvalue weighted by atomic mass is 10.0. The van der Waals surface area contributed by atoms with Gasteiger partial charge in [-0.1, -0.05) is 23.7 Å². The average molecular weight is 305 g/mol. The molecule has 1 fully saturated rings. The van der Waals surface area contributed by atoms with Gasteiger partial charge in [0, 0.05) is 19.1 Å². The van der Waals surface area contributed by atoms with Gasteiger partial charge in [0.25, 0.3) is 0 Å². The molecule has 0 radical (unpaired) electrons. The van der Waals surface area contributed by atoms with Crippen molar-refractivity contribution in [1.29, 1.82) is 0 Å². The average Bonchev–Trinajstić information content (AvgIpc) is 2.80. The van der Waals surface area contributed by atoms with Crippen molar-refractivity contribution in [2.75, 3.05) is 26.2 Å². The molecule has 0 amide bonds. The lowest BCUT2D eigenvalue weighted by Crippen LogP contribution is -2.31. The van der Waals surface area contributed by atoms with Gasteiger partial charge in [-0.3, -0.25) is 4.90 Å². The molecule has 1 saturated heterocycles. The number of hydrogen-bond acceptors (Lipinski definition) is 3. The predicted octanol–water partition coefficient (Wildman–Crippen LogP) is 2.81. The Morgan fingerprint density at radius 3 is 2.84 bits per heavy atom. The smallest absolute Gasteiger partial charge is 0.137 e. The van der Waals surface area contributed by atoms with Gasteiger partial charge in [-0.05, 0) is 37.9 Å². The molecule has 1 aliphatic heterocycles. The summed E-state index contributed by atoms with van der Waals surface area (Å²) in [5, 5.41) is 0.673. The van der Waals surface area contributed by atoms with Crippen molar-refractivity contribution in [3.63, 3.8) is 0 Å². The van der Waals surface area contributed by atoms with E-state index < -0.39 is 0 Å². The van der Waals surface area contributed by atoms with E-state index in [-0.39, 0.29) is 12.4 Å². The Morgan fingerprint density at radius 1 is 1.47 bits per heavy atom. The summed E-state index contributed by atoms with van der Waals surface area (Å²) in [6.45, 7) is 5.92. The number of rotatable bonds is 5. The molecule has 5 heteroatoms. The molecule has 3 nitrogen and oxygen atoms in total. The van der Waals surface area contributed by atoms with Crippen LogP contribution in [0, 0.1) is 5.92 Å². The Hall–Kier alpha value is -0.480. The fraction of sp³-hybridized carbons (Fsp3) is 0.571. The molecule has 2 atom stereocenters. The van der Waals surface area contributed by atoms with E-state index in [4.69, 9.17) is 22.1 Å². The van der Waals surface area contributed by atoms with Crippen molar-refractivity contribution in [1.82, 2.24) is 4.90 Å². The van der Waals surface area contributed by atoms with Gasteiger partial charge in [-0.15, -0.1) is 12.4 Å². The Bertz CT molecular complexity index is 387. The number of benzene rings is 1. The lowest BCUT2D eigenvalue weighted by Gasteiger charge is -2.18. The maximum absolute atomic E-state index is 6.03. The van der Waals surface area contributed by atoms with E-state index in [2.05, 4.69) is 11.8 Å². The van der Waals surface area contributed by atoms with E-state index in [0.717, 1.165) is 25.4 Å². The number of ether oxygens (including phenoxy) is 1. The highest BCUT2D eigenvalue weighted by atomic mass is 35.5. The van der Waals surface area contributed by atoms with Gasteiger partial charge in [0.15, 0.2) is 0 Å². The van der Waals surface area contributed by atoms with E-state index in [0.29, 0.717) is 23.6 Å². The summed E-state index contributed by atoms with van der Waals surface area (Å²) in [7, 11) is 0. The second-order valence-electron chi connectivity index (χ2n) is 4.99. The second-order valence-corrected chi connectivity index (χ2v) is 5.39. The summed E-state index contributed by atoms with van der Waals surface area (Å²) >= 11 is 6.03. The van der Waals surface area contributed by atoms with Gasteiger partial charge in [-0.2, -0.15) is 0 Å². The second kappa shape index (κ2) is 7.95.